The van der Waals surface area contributed by atoms with E-state index >= 15 is 0 Å². The van der Waals surface area contributed by atoms with Crippen LogP contribution in [0.15, 0.2) is 0 Å². The Morgan fingerprint density at radius 3 is 2.92 bits per heavy atom. The molecule has 1 aromatic rings. The average Bonchev–Trinajstić information content (AvgIpc) is 2.68. The number of hydrogen-bond donors (Lipinski definition) is 0. The molecule has 0 radical (unpaired) electrons. The first-order chi connectivity index (χ1) is 6.24. The van der Waals surface area contributed by atoms with Gasteiger partial charge in [0.15, 0.2) is 0 Å². The molecule has 13 heavy (non-hydrogen) atoms. The predicted octanol–water partition coefficient (Wildman–Crippen LogP) is 0.387. The molecule has 0 bridgehead atoms. The zero-order valence-electron chi connectivity index (χ0n) is 6.93. The van der Waals surface area contributed by atoms with Crippen molar-refractivity contribution in [2.24, 2.45) is 0 Å². The van der Waals surface area contributed by atoms with Crippen molar-refractivity contribution in [3.63, 3.8) is 0 Å². The van der Waals surface area contributed by atoms with Crippen molar-refractivity contribution in [1.82, 2.24) is 0 Å². The summed E-state index contributed by atoms with van der Waals surface area (Å²) in [5, 5.41) is 1.88. The van der Waals surface area contributed by atoms with Gasteiger partial charge in [0, 0.05) is 0 Å². The van der Waals surface area contributed by atoms with Crippen molar-refractivity contribution in [1.29, 1.82) is 0 Å². The summed E-state index contributed by atoms with van der Waals surface area (Å²) in [5.74, 6) is -0.763. The van der Waals surface area contributed by atoms with E-state index in [-0.39, 0.29) is 24.8 Å². The molecule has 1 aromatic heterocycles. The monoisotopic (exact) mass is 314 g/mol. The summed E-state index contributed by atoms with van der Waals surface area (Å²) in [6, 6.07) is 0. The molecule has 2 heterocycles. The molecular formula is C8H7FO2Se2. The van der Waals surface area contributed by atoms with Gasteiger partial charge < -0.3 is 0 Å². The first-order valence-electron chi connectivity index (χ1n) is 3.70. The van der Waals surface area contributed by atoms with Gasteiger partial charge in [0.25, 0.3) is 0 Å². The second-order valence-corrected chi connectivity index (χ2v) is 7.02. The molecule has 5 heteroatoms. The van der Waals surface area contributed by atoms with Gasteiger partial charge >= 0.3 is 87.4 Å². The summed E-state index contributed by atoms with van der Waals surface area (Å²) in [4.78, 5) is 11.1. The van der Waals surface area contributed by atoms with Crippen molar-refractivity contribution >= 4 is 35.4 Å². The first kappa shape index (κ1) is 9.47. The minimum atomic E-state index is -0.487. The SMILES string of the molecule is COC(=O)c1[se]c2c(c1F)C[Se]C2. The van der Waals surface area contributed by atoms with Crippen molar-refractivity contribution in [2.75, 3.05) is 7.11 Å². The Morgan fingerprint density at radius 1 is 1.54 bits per heavy atom. The van der Waals surface area contributed by atoms with Gasteiger partial charge in [-0.15, -0.1) is 0 Å². The number of esters is 1. The average molecular weight is 312 g/mol. The second kappa shape index (κ2) is 3.58. The standard InChI is InChI=1S/C8H7FO2Se2/c1-11-8(10)7-6(9)4-2-12-3-5(4)13-7/h2-3H2,1H3. The van der Waals surface area contributed by atoms with Gasteiger partial charge in [-0.3, -0.25) is 0 Å². The van der Waals surface area contributed by atoms with E-state index in [1.54, 1.807) is 0 Å². The molecule has 0 unspecified atom stereocenters. The second-order valence-electron chi connectivity index (χ2n) is 2.63. The van der Waals surface area contributed by atoms with Crippen molar-refractivity contribution in [3.05, 3.63) is 20.3 Å². The number of methoxy groups -OCH3 is 1. The van der Waals surface area contributed by atoms with Crippen LogP contribution < -0.4 is 0 Å². The molecule has 0 spiro atoms. The van der Waals surface area contributed by atoms with E-state index in [4.69, 9.17) is 0 Å². The molecule has 0 amide bonds. The maximum atomic E-state index is 13.5. The van der Waals surface area contributed by atoms with Crippen LogP contribution in [0.25, 0.3) is 0 Å². The molecule has 1 aliphatic heterocycles. The normalized spacial score (nSPS) is 14.3. The number of carbonyl (C=O) groups excluding carboxylic acids is 1. The molecule has 70 valence electrons. The van der Waals surface area contributed by atoms with E-state index in [1.807, 2.05) is 0 Å². The van der Waals surface area contributed by atoms with E-state index < -0.39 is 5.97 Å². The van der Waals surface area contributed by atoms with E-state index in [1.165, 1.54) is 11.5 Å². The van der Waals surface area contributed by atoms with Gasteiger partial charge in [-0.25, -0.2) is 0 Å². The van der Waals surface area contributed by atoms with Crippen molar-refractivity contribution < 1.29 is 13.9 Å². The summed E-state index contributed by atoms with van der Waals surface area (Å²) < 4.78 is 19.5. The molecule has 0 aromatic carbocycles. The number of halogens is 1. The van der Waals surface area contributed by atoms with Gasteiger partial charge in [0.2, 0.25) is 0 Å². The Morgan fingerprint density at radius 2 is 2.31 bits per heavy atom. The van der Waals surface area contributed by atoms with Gasteiger partial charge in [0.05, 0.1) is 0 Å². The molecule has 0 aliphatic carbocycles. The van der Waals surface area contributed by atoms with Crippen LogP contribution in [0, 0.1) is 5.82 Å². The summed E-state index contributed by atoms with van der Waals surface area (Å²) in [7, 11) is 1.30. The first-order valence-corrected chi connectivity index (χ1v) is 7.83. The molecular weight excluding hydrogens is 305 g/mol. The summed E-state index contributed by atoms with van der Waals surface area (Å²) >= 11 is 0.441. The van der Waals surface area contributed by atoms with Crippen LogP contribution in [0.2, 0.25) is 0 Å². The van der Waals surface area contributed by atoms with E-state index in [9.17, 15) is 9.18 Å². The third kappa shape index (κ3) is 1.50. The molecule has 0 N–H and O–H groups in total. The number of fused-ring (bicyclic) bond motifs is 1. The zero-order chi connectivity index (χ0) is 9.42. The van der Waals surface area contributed by atoms with Crippen LogP contribution in [0.1, 0.15) is 19.2 Å². The van der Waals surface area contributed by atoms with Gasteiger partial charge in [0.1, 0.15) is 0 Å². The van der Waals surface area contributed by atoms with Crippen LogP contribution in [-0.4, -0.2) is 42.5 Å². The predicted molar refractivity (Wildman–Crippen MR) is 47.8 cm³/mol. The van der Waals surface area contributed by atoms with E-state index in [0.717, 1.165) is 16.2 Å². The Labute approximate surface area is 87.4 Å². The number of ether oxygens (including phenoxy) is 1. The Hall–Kier alpha value is -0.0810. The van der Waals surface area contributed by atoms with Crippen LogP contribution >= 0.6 is 0 Å². The van der Waals surface area contributed by atoms with Crippen LogP contribution in [0.3, 0.4) is 0 Å². The van der Waals surface area contributed by atoms with Crippen LogP contribution in [0.5, 0.6) is 0 Å². The van der Waals surface area contributed by atoms with E-state index in [0.29, 0.717) is 15.0 Å². The summed E-state index contributed by atoms with van der Waals surface area (Å²) in [6.45, 7) is 0. The van der Waals surface area contributed by atoms with Crippen molar-refractivity contribution in [2.45, 2.75) is 10.6 Å². The van der Waals surface area contributed by atoms with Gasteiger partial charge in [-0.1, -0.05) is 0 Å². The third-order valence-electron chi connectivity index (χ3n) is 1.88. The molecule has 0 atom stereocenters. The molecule has 2 nitrogen and oxygen atoms in total. The molecule has 2 rings (SSSR count). The molecule has 0 fully saturated rings. The number of carbonyl (C=O) groups is 1. The Balaban J connectivity index is 2.44. The fourth-order valence-corrected chi connectivity index (χ4v) is 7.30. The van der Waals surface area contributed by atoms with E-state index in [2.05, 4.69) is 4.74 Å². The number of hydrogen-bond acceptors (Lipinski definition) is 2. The minimum absolute atomic E-state index is 0.0925. The third-order valence-corrected chi connectivity index (χ3v) is 7.36. The van der Waals surface area contributed by atoms with Gasteiger partial charge in [-0.2, -0.15) is 0 Å². The molecule has 0 saturated carbocycles. The fraction of sp³-hybridized carbons (Fsp3) is 0.375. The molecule has 0 saturated heterocycles. The number of rotatable bonds is 1. The molecule has 1 aliphatic rings. The topological polar surface area (TPSA) is 26.3 Å². The van der Waals surface area contributed by atoms with Crippen LogP contribution in [0.4, 0.5) is 4.39 Å². The van der Waals surface area contributed by atoms with Gasteiger partial charge in [-0.05, 0) is 0 Å². The Kier molecular flexibility index (Phi) is 2.61. The van der Waals surface area contributed by atoms with Crippen LogP contribution in [-0.2, 0) is 15.4 Å². The maximum absolute atomic E-state index is 13.5. The summed E-state index contributed by atoms with van der Waals surface area (Å²) in [5.41, 5.74) is 0.820. The summed E-state index contributed by atoms with van der Waals surface area (Å²) in [6.07, 6.45) is 0. The Bertz CT molecular complexity index is 359. The van der Waals surface area contributed by atoms with Crippen molar-refractivity contribution in [3.8, 4) is 0 Å². The zero-order valence-corrected chi connectivity index (χ0v) is 10.4. The fourth-order valence-electron chi connectivity index (χ4n) is 1.22. The quantitative estimate of drug-likeness (QED) is 0.554.